The molecule has 0 nitrogen and oxygen atoms in total. The molecule has 0 spiro atoms. The van der Waals surface area contributed by atoms with E-state index in [2.05, 4.69) is 13.8 Å². The van der Waals surface area contributed by atoms with Crippen molar-refractivity contribution in [3.05, 3.63) is 0 Å². The van der Waals surface area contributed by atoms with Crippen LogP contribution < -0.4 is 0 Å². The highest BCUT2D eigenvalue weighted by molar-refractivity contribution is 4.92. The van der Waals surface area contributed by atoms with Crippen LogP contribution in [0.3, 0.4) is 0 Å². The van der Waals surface area contributed by atoms with Crippen molar-refractivity contribution in [3.8, 4) is 0 Å². The van der Waals surface area contributed by atoms with Gasteiger partial charge in [0.1, 0.15) is 0 Å². The molecule has 4 unspecified atom stereocenters. The van der Waals surface area contributed by atoms with Crippen molar-refractivity contribution in [1.82, 2.24) is 0 Å². The van der Waals surface area contributed by atoms with Crippen molar-refractivity contribution < 1.29 is 0 Å². The van der Waals surface area contributed by atoms with Crippen LogP contribution in [-0.4, -0.2) is 0 Å². The Hall–Kier alpha value is 0. The summed E-state index contributed by atoms with van der Waals surface area (Å²) in [5.41, 5.74) is 0. The summed E-state index contributed by atoms with van der Waals surface area (Å²) >= 11 is 0. The largest absolute Gasteiger partial charge is 0.0654 e. The van der Waals surface area contributed by atoms with Crippen LogP contribution in [0.4, 0.5) is 0 Å². The van der Waals surface area contributed by atoms with E-state index < -0.39 is 0 Å². The maximum absolute atomic E-state index is 2.48. The van der Waals surface area contributed by atoms with Gasteiger partial charge >= 0.3 is 0 Å². The Morgan fingerprint density at radius 2 is 1.92 bits per heavy atom. The highest BCUT2D eigenvalue weighted by atomic mass is 14.5. The predicted octanol–water partition coefficient (Wildman–Crippen LogP) is 3.86. The van der Waals surface area contributed by atoms with Crippen molar-refractivity contribution in [2.75, 3.05) is 0 Å². The molecule has 0 N–H and O–H groups in total. The zero-order chi connectivity index (χ0) is 8.55. The van der Waals surface area contributed by atoms with Gasteiger partial charge in [-0.2, -0.15) is 0 Å². The summed E-state index contributed by atoms with van der Waals surface area (Å²) < 4.78 is 0. The summed E-state index contributed by atoms with van der Waals surface area (Å²) in [4.78, 5) is 0. The topological polar surface area (TPSA) is 0 Å². The molecule has 2 aliphatic rings. The molecular formula is C12H22. The third-order valence-electron chi connectivity index (χ3n) is 4.30. The molecule has 2 saturated carbocycles. The number of hydrogen-bond donors (Lipinski definition) is 0. The van der Waals surface area contributed by atoms with Crippen LogP contribution in [0.2, 0.25) is 0 Å². The first-order valence-corrected chi connectivity index (χ1v) is 5.83. The van der Waals surface area contributed by atoms with Gasteiger partial charge in [0.25, 0.3) is 0 Å². The molecule has 0 heterocycles. The Kier molecular flexibility index (Phi) is 2.43. The second-order valence-corrected chi connectivity index (χ2v) is 5.02. The quantitative estimate of drug-likeness (QED) is 0.584. The highest BCUT2D eigenvalue weighted by Gasteiger charge is 2.42. The second-order valence-electron chi connectivity index (χ2n) is 5.02. The van der Waals surface area contributed by atoms with Crippen LogP contribution in [0.15, 0.2) is 0 Å². The number of fused-ring (bicyclic) bond motifs is 1. The summed E-state index contributed by atoms with van der Waals surface area (Å²) in [7, 11) is 0. The fourth-order valence-electron chi connectivity index (χ4n) is 3.84. The molecule has 2 fully saturated rings. The first-order valence-electron chi connectivity index (χ1n) is 5.83. The monoisotopic (exact) mass is 166 g/mol. The Morgan fingerprint density at radius 3 is 2.67 bits per heavy atom. The summed E-state index contributed by atoms with van der Waals surface area (Å²) in [6.45, 7) is 4.82. The molecule has 0 aromatic rings. The van der Waals surface area contributed by atoms with Crippen molar-refractivity contribution in [2.24, 2.45) is 23.7 Å². The maximum Gasteiger partial charge on any atom is -0.0355 e. The van der Waals surface area contributed by atoms with E-state index in [1.807, 2.05) is 0 Å². The van der Waals surface area contributed by atoms with Gasteiger partial charge in [-0.25, -0.2) is 0 Å². The molecule has 12 heavy (non-hydrogen) atoms. The molecular weight excluding hydrogens is 144 g/mol. The first-order chi connectivity index (χ1) is 5.83. The van der Waals surface area contributed by atoms with E-state index >= 15 is 0 Å². The van der Waals surface area contributed by atoms with E-state index in [0.29, 0.717) is 0 Å². The molecule has 0 bridgehead atoms. The Morgan fingerprint density at radius 1 is 1.17 bits per heavy atom. The van der Waals surface area contributed by atoms with Crippen molar-refractivity contribution >= 4 is 0 Å². The molecule has 2 rings (SSSR count). The van der Waals surface area contributed by atoms with Gasteiger partial charge < -0.3 is 0 Å². The lowest BCUT2D eigenvalue weighted by Crippen LogP contribution is -2.09. The average molecular weight is 166 g/mol. The average Bonchev–Trinajstić information content (AvgIpc) is 2.58. The Bertz CT molecular complexity index is 150. The molecule has 0 aliphatic heterocycles. The Balaban J connectivity index is 1.99. The van der Waals surface area contributed by atoms with Crippen LogP contribution in [0, 0.1) is 23.7 Å². The summed E-state index contributed by atoms with van der Waals surface area (Å²) in [6, 6.07) is 0. The molecule has 0 aromatic heterocycles. The van der Waals surface area contributed by atoms with E-state index in [9.17, 15) is 0 Å². The van der Waals surface area contributed by atoms with Crippen LogP contribution in [0.25, 0.3) is 0 Å². The van der Waals surface area contributed by atoms with E-state index in [1.54, 1.807) is 19.3 Å². The molecule has 4 atom stereocenters. The third kappa shape index (κ3) is 1.30. The van der Waals surface area contributed by atoms with Gasteiger partial charge in [-0.3, -0.25) is 0 Å². The maximum atomic E-state index is 2.48. The van der Waals surface area contributed by atoms with Gasteiger partial charge in [0.05, 0.1) is 0 Å². The minimum atomic E-state index is 1.05. The van der Waals surface area contributed by atoms with E-state index in [0.717, 1.165) is 23.7 Å². The van der Waals surface area contributed by atoms with Crippen molar-refractivity contribution in [2.45, 2.75) is 52.4 Å². The van der Waals surface area contributed by atoms with Gasteiger partial charge in [0, 0.05) is 0 Å². The van der Waals surface area contributed by atoms with E-state index in [-0.39, 0.29) is 0 Å². The van der Waals surface area contributed by atoms with Crippen molar-refractivity contribution in [1.29, 1.82) is 0 Å². The van der Waals surface area contributed by atoms with Crippen molar-refractivity contribution in [3.63, 3.8) is 0 Å². The van der Waals surface area contributed by atoms with Crippen LogP contribution in [-0.2, 0) is 0 Å². The van der Waals surface area contributed by atoms with Gasteiger partial charge in [-0.15, -0.1) is 0 Å². The van der Waals surface area contributed by atoms with E-state index in [1.165, 1.54) is 19.3 Å². The summed E-state index contributed by atoms with van der Waals surface area (Å²) in [5, 5.41) is 0. The highest BCUT2D eigenvalue weighted by Crippen LogP contribution is 2.51. The lowest BCUT2D eigenvalue weighted by atomic mass is 9.88. The Labute approximate surface area is 76.7 Å². The summed E-state index contributed by atoms with van der Waals surface area (Å²) in [6.07, 6.45) is 9.08. The molecule has 0 radical (unpaired) electrons. The summed E-state index contributed by atoms with van der Waals surface area (Å²) in [5.74, 6) is 4.42. The molecule has 0 heteroatoms. The smallest absolute Gasteiger partial charge is 0.0355 e. The molecule has 0 aromatic carbocycles. The zero-order valence-electron chi connectivity index (χ0n) is 8.55. The van der Waals surface area contributed by atoms with Gasteiger partial charge in [0.15, 0.2) is 0 Å². The van der Waals surface area contributed by atoms with Crippen LogP contribution in [0.5, 0.6) is 0 Å². The number of rotatable bonds is 2. The number of hydrogen-bond acceptors (Lipinski definition) is 0. The van der Waals surface area contributed by atoms with Gasteiger partial charge in [-0.05, 0) is 42.9 Å². The van der Waals surface area contributed by atoms with E-state index in [4.69, 9.17) is 0 Å². The lowest BCUT2D eigenvalue weighted by molar-refractivity contribution is 0.324. The molecule has 0 amide bonds. The first kappa shape index (κ1) is 8.59. The minimum absolute atomic E-state index is 1.05. The molecule has 0 saturated heterocycles. The normalized spacial score (nSPS) is 46.5. The molecule has 70 valence electrons. The standard InChI is InChI=1S/C12H22/c1-3-5-10-8-9(2)11-6-4-7-12(10)11/h9-12H,3-8H2,1-2H3. The van der Waals surface area contributed by atoms with Crippen LogP contribution in [0.1, 0.15) is 52.4 Å². The SMILES string of the molecule is CCCC1CC(C)C2CCCC12. The molecule has 2 aliphatic carbocycles. The fraction of sp³-hybridized carbons (Fsp3) is 1.00. The third-order valence-corrected chi connectivity index (χ3v) is 4.30. The zero-order valence-corrected chi connectivity index (χ0v) is 8.55. The predicted molar refractivity (Wildman–Crippen MR) is 53.0 cm³/mol. The second kappa shape index (κ2) is 3.40. The lowest BCUT2D eigenvalue weighted by Gasteiger charge is -2.17. The minimum Gasteiger partial charge on any atom is -0.0654 e. The van der Waals surface area contributed by atoms with Gasteiger partial charge in [0.2, 0.25) is 0 Å². The van der Waals surface area contributed by atoms with Gasteiger partial charge in [-0.1, -0.05) is 33.1 Å². The fourth-order valence-corrected chi connectivity index (χ4v) is 3.84. The van der Waals surface area contributed by atoms with Crippen LogP contribution >= 0.6 is 0 Å².